The summed E-state index contributed by atoms with van der Waals surface area (Å²) in [5, 5.41) is 13.5. The minimum Gasteiger partial charge on any atom is -0.456 e. The molecule has 250 valence electrons. The highest BCUT2D eigenvalue weighted by molar-refractivity contribution is 6.07. The first-order chi connectivity index (χ1) is 26.2. The Morgan fingerprint density at radius 2 is 0.906 bits per heavy atom. The summed E-state index contributed by atoms with van der Waals surface area (Å²) >= 11 is 0. The van der Waals surface area contributed by atoms with Gasteiger partial charge < -0.3 is 18.2 Å². The van der Waals surface area contributed by atoms with E-state index in [0.29, 0.717) is 28.3 Å². The number of hydrogen-bond donors (Lipinski definition) is 0. The number of furan rings is 3. The Bertz CT molecular complexity index is 2940. The van der Waals surface area contributed by atoms with Gasteiger partial charge in [-0.2, -0.15) is 4.98 Å². The quantitative estimate of drug-likeness (QED) is 0.169. The standard InChI is InChI=1S/C44H26N6O3/c1-3-11-27(12-4-1)49(29-19-21-34-32-15-7-9-17-36(32)51-38(34)23-29)31-25-40-41(45-26-31)42-43(53-40)46-44(48-47-42)50(28-13-5-2-6-14-28)30-20-22-35-33-16-8-10-18-37(33)52-39(35)24-30/h1-26H. The predicted molar refractivity (Wildman–Crippen MR) is 209 cm³/mol. The summed E-state index contributed by atoms with van der Waals surface area (Å²) in [6, 6.07) is 50.5. The van der Waals surface area contributed by atoms with Crippen LogP contribution in [-0.2, 0) is 0 Å². The van der Waals surface area contributed by atoms with E-state index in [2.05, 4.69) is 63.6 Å². The van der Waals surface area contributed by atoms with Crippen LogP contribution in [0.1, 0.15) is 0 Å². The van der Waals surface area contributed by atoms with Gasteiger partial charge >= 0.3 is 0 Å². The van der Waals surface area contributed by atoms with Crippen molar-refractivity contribution in [3.8, 4) is 0 Å². The van der Waals surface area contributed by atoms with Crippen molar-refractivity contribution < 1.29 is 13.3 Å². The predicted octanol–water partition coefficient (Wildman–Crippen LogP) is 11.9. The van der Waals surface area contributed by atoms with Gasteiger partial charge in [0.25, 0.3) is 11.7 Å². The molecule has 53 heavy (non-hydrogen) atoms. The van der Waals surface area contributed by atoms with Crippen LogP contribution < -0.4 is 9.80 Å². The first-order valence-corrected chi connectivity index (χ1v) is 17.2. The lowest BCUT2D eigenvalue weighted by molar-refractivity contribution is 0.649. The number of para-hydroxylation sites is 4. The molecule has 0 saturated heterocycles. The second kappa shape index (κ2) is 11.5. The molecule has 0 unspecified atom stereocenters. The molecule has 0 amide bonds. The molecule has 0 spiro atoms. The maximum absolute atomic E-state index is 6.43. The average molecular weight is 687 g/mol. The fourth-order valence-electron chi connectivity index (χ4n) is 7.22. The smallest absolute Gasteiger partial charge is 0.257 e. The highest BCUT2D eigenvalue weighted by atomic mass is 16.3. The topological polar surface area (TPSA) is 97.5 Å². The van der Waals surface area contributed by atoms with E-state index in [-0.39, 0.29) is 0 Å². The molecular weight excluding hydrogens is 661 g/mol. The minimum atomic E-state index is 0.329. The van der Waals surface area contributed by atoms with Gasteiger partial charge in [0.05, 0.1) is 17.6 Å². The van der Waals surface area contributed by atoms with Crippen molar-refractivity contribution in [3.05, 3.63) is 158 Å². The third-order valence-corrected chi connectivity index (χ3v) is 9.64. The number of fused-ring (bicyclic) bond motifs is 9. The molecule has 0 N–H and O–H groups in total. The normalized spacial score (nSPS) is 11.8. The van der Waals surface area contributed by atoms with Crippen LogP contribution in [0.15, 0.2) is 171 Å². The Balaban J connectivity index is 1.03. The SMILES string of the molecule is c1ccc(N(c2ccc3c(c2)oc2ccccc23)c2cnc3c(c2)oc2nc(N(c4ccccc4)c4ccc5c(c4)oc4ccccc45)nnc23)cc1. The maximum atomic E-state index is 6.43. The molecule has 5 aromatic heterocycles. The molecule has 0 aliphatic rings. The Kier molecular flexibility index (Phi) is 6.35. The lowest BCUT2D eigenvalue weighted by atomic mass is 10.1. The van der Waals surface area contributed by atoms with E-state index in [0.717, 1.165) is 72.3 Å². The summed E-state index contributed by atoms with van der Waals surface area (Å²) in [5.74, 6) is 0.350. The van der Waals surface area contributed by atoms with Crippen LogP contribution in [0.4, 0.5) is 34.4 Å². The molecule has 0 aliphatic carbocycles. The largest absolute Gasteiger partial charge is 0.456 e. The van der Waals surface area contributed by atoms with Crippen molar-refractivity contribution >= 4 is 101 Å². The van der Waals surface area contributed by atoms with Crippen molar-refractivity contribution in [2.45, 2.75) is 0 Å². The molecule has 0 bridgehead atoms. The first kappa shape index (κ1) is 29.2. The Labute approximate surface area is 300 Å². The monoisotopic (exact) mass is 686 g/mol. The molecule has 0 aliphatic heterocycles. The highest BCUT2D eigenvalue weighted by Crippen LogP contribution is 2.41. The van der Waals surface area contributed by atoms with Gasteiger partial charge in [-0.3, -0.25) is 4.90 Å². The molecule has 0 radical (unpaired) electrons. The van der Waals surface area contributed by atoms with Crippen molar-refractivity contribution in [1.29, 1.82) is 0 Å². The van der Waals surface area contributed by atoms with Gasteiger partial charge in [0.1, 0.15) is 27.8 Å². The maximum Gasteiger partial charge on any atom is 0.257 e. The van der Waals surface area contributed by atoms with E-state index >= 15 is 0 Å². The zero-order valence-corrected chi connectivity index (χ0v) is 27.9. The van der Waals surface area contributed by atoms with Crippen LogP contribution in [-0.4, -0.2) is 20.2 Å². The number of nitrogens with zero attached hydrogens (tertiary/aromatic N) is 6. The molecule has 9 nitrogen and oxygen atoms in total. The van der Waals surface area contributed by atoms with E-state index in [1.54, 1.807) is 0 Å². The molecule has 11 aromatic rings. The molecule has 9 heteroatoms. The second-order valence-corrected chi connectivity index (χ2v) is 12.8. The number of anilines is 6. The van der Waals surface area contributed by atoms with Crippen LogP contribution in [0.5, 0.6) is 0 Å². The minimum absolute atomic E-state index is 0.329. The van der Waals surface area contributed by atoms with Gasteiger partial charge in [0.15, 0.2) is 11.1 Å². The number of rotatable bonds is 6. The Hall–Kier alpha value is -7.52. The summed E-state index contributed by atoms with van der Waals surface area (Å²) < 4.78 is 18.9. The summed E-state index contributed by atoms with van der Waals surface area (Å²) in [6.45, 7) is 0. The van der Waals surface area contributed by atoms with Crippen LogP contribution in [0, 0.1) is 0 Å². The third-order valence-electron chi connectivity index (χ3n) is 9.64. The summed E-state index contributed by atoms with van der Waals surface area (Å²) in [6.07, 6.45) is 1.82. The summed E-state index contributed by atoms with van der Waals surface area (Å²) in [5.41, 5.74) is 9.53. The van der Waals surface area contributed by atoms with Crippen LogP contribution in [0.25, 0.3) is 66.2 Å². The molecule has 5 heterocycles. The molecule has 0 fully saturated rings. The molecule has 0 saturated carbocycles. The summed E-state index contributed by atoms with van der Waals surface area (Å²) in [4.78, 5) is 13.8. The molecule has 11 rings (SSSR count). The van der Waals surface area contributed by atoms with Gasteiger partial charge in [-0.15, -0.1) is 10.2 Å². The Morgan fingerprint density at radius 1 is 0.377 bits per heavy atom. The van der Waals surface area contributed by atoms with E-state index in [9.17, 15) is 0 Å². The number of benzene rings is 6. The third kappa shape index (κ3) is 4.71. The fourth-order valence-corrected chi connectivity index (χ4v) is 7.22. The van der Waals surface area contributed by atoms with Gasteiger partial charge in [-0.25, -0.2) is 4.98 Å². The molecule has 6 aromatic carbocycles. The van der Waals surface area contributed by atoms with Gasteiger partial charge in [0, 0.05) is 56.8 Å². The van der Waals surface area contributed by atoms with Crippen LogP contribution in [0.2, 0.25) is 0 Å². The van der Waals surface area contributed by atoms with Gasteiger partial charge in [-0.05, 0) is 60.7 Å². The van der Waals surface area contributed by atoms with Gasteiger partial charge in [0.2, 0.25) is 0 Å². The number of pyridine rings is 1. The second-order valence-electron chi connectivity index (χ2n) is 12.8. The van der Waals surface area contributed by atoms with Crippen molar-refractivity contribution in [1.82, 2.24) is 20.2 Å². The van der Waals surface area contributed by atoms with E-state index in [4.69, 9.17) is 23.2 Å². The highest BCUT2D eigenvalue weighted by Gasteiger charge is 2.23. The average Bonchev–Trinajstić information content (AvgIpc) is 3.89. The molecular formula is C44H26N6O3. The summed E-state index contributed by atoms with van der Waals surface area (Å²) in [7, 11) is 0. The zero-order chi connectivity index (χ0) is 34.9. The van der Waals surface area contributed by atoms with Crippen molar-refractivity contribution in [3.63, 3.8) is 0 Å². The van der Waals surface area contributed by atoms with Gasteiger partial charge in [-0.1, -0.05) is 72.8 Å². The number of aromatic nitrogens is 4. The lowest BCUT2D eigenvalue weighted by Crippen LogP contribution is -2.13. The lowest BCUT2D eigenvalue weighted by Gasteiger charge is -2.24. The van der Waals surface area contributed by atoms with Crippen molar-refractivity contribution in [2.24, 2.45) is 0 Å². The number of hydrogen-bond acceptors (Lipinski definition) is 9. The van der Waals surface area contributed by atoms with Crippen molar-refractivity contribution in [2.75, 3.05) is 9.80 Å². The van der Waals surface area contributed by atoms with Crippen LogP contribution >= 0.6 is 0 Å². The molecule has 0 atom stereocenters. The van der Waals surface area contributed by atoms with Crippen LogP contribution in [0.3, 0.4) is 0 Å². The fraction of sp³-hybridized carbons (Fsp3) is 0. The first-order valence-electron chi connectivity index (χ1n) is 17.2. The van der Waals surface area contributed by atoms with E-state index < -0.39 is 0 Å². The Morgan fingerprint density at radius 3 is 1.55 bits per heavy atom. The zero-order valence-electron chi connectivity index (χ0n) is 27.9. The van der Waals surface area contributed by atoms with E-state index in [1.807, 2.05) is 114 Å². The van der Waals surface area contributed by atoms with E-state index in [1.165, 1.54) is 0 Å².